The summed E-state index contributed by atoms with van der Waals surface area (Å²) in [5, 5.41) is 0. The van der Waals surface area contributed by atoms with Crippen molar-refractivity contribution in [1.82, 2.24) is 4.57 Å². The third-order valence-electron chi connectivity index (χ3n) is 1.75. The lowest BCUT2D eigenvalue weighted by Gasteiger charge is -2.04. The Hall–Kier alpha value is -1.16. The van der Waals surface area contributed by atoms with Crippen LogP contribution in [0.4, 0.5) is 0 Å². The van der Waals surface area contributed by atoms with Gasteiger partial charge < -0.3 is 10.3 Å². The monoisotopic (exact) mass is 196 g/mol. The Labute approximate surface area is 82.2 Å². The van der Waals surface area contributed by atoms with Gasteiger partial charge in [0.05, 0.1) is 5.56 Å². The van der Waals surface area contributed by atoms with Gasteiger partial charge in [-0.1, -0.05) is 19.1 Å². The van der Waals surface area contributed by atoms with E-state index in [4.69, 9.17) is 18.0 Å². The molecule has 0 aliphatic heterocycles. The lowest BCUT2D eigenvalue weighted by Crippen LogP contribution is -2.28. The number of nitrogens with zero attached hydrogens (tertiary/aromatic N) is 1. The zero-order chi connectivity index (χ0) is 9.84. The molecule has 0 atom stereocenters. The zero-order valence-electron chi connectivity index (χ0n) is 7.49. The Morgan fingerprint density at radius 2 is 2.38 bits per heavy atom. The molecular formula is C9H12N2OS. The quantitative estimate of drug-likeness (QED) is 0.730. The van der Waals surface area contributed by atoms with Gasteiger partial charge in [0.25, 0.3) is 5.56 Å². The van der Waals surface area contributed by atoms with Gasteiger partial charge >= 0.3 is 0 Å². The van der Waals surface area contributed by atoms with Gasteiger partial charge in [-0.05, 0) is 18.6 Å². The van der Waals surface area contributed by atoms with E-state index in [1.54, 1.807) is 22.9 Å². The predicted octanol–water partition coefficient (Wildman–Crippen LogP) is 0.892. The van der Waals surface area contributed by atoms with E-state index in [9.17, 15) is 4.79 Å². The molecule has 13 heavy (non-hydrogen) atoms. The Kier molecular flexibility index (Phi) is 3.19. The summed E-state index contributed by atoms with van der Waals surface area (Å²) < 4.78 is 1.62. The largest absolute Gasteiger partial charge is 0.389 e. The van der Waals surface area contributed by atoms with Crippen LogP contribution >= 0.6 is 12.2 Å². The number of aromatic nitrogens is 1. The molecule has 0 aliphatic carbocycles. The van der Waals surface area contributed by atoms with Crippen molar-refractivity contribution in [3.63, 3.8) is 0 Å². The second-order valence-corrected chi connectivity index (χ2v) is 3.22. The Morgan fingerprint density at radius 1 is 1.69 bits per heavy atom. The summed E-state index contributed by atoms with van der Waals surface area (Å²) in [4.78, 5) is 11.8. The van der Waals surface area contributed by atoms with E-state index in [1.807, 2.05) is 6.92 Å². The number of hydrogen-bond donors (Lipinski definition) is 1. The average molecular weight is 196 g/mol. The summed E-state index contributed by atoms with van der Waals surface area (Å²) in [5.41, 5.74) is 5.72. The first-order valence-electron chi connectivity index (χ1n) is 4.16. The van der Waals surface area contributed by atoms with Crippen LogP contribution in [-0.4, -0.2) is 9.56 Å². The van der Waals surface area contributed by atoms with Crippen molar-refractivity contribution >= 4 is 17.2 Å². The minimum atomic E-state index is -0.100. The number of rotatable bonds is 3. The zero-order valence-corrected chi connectivity index (χ0v) is 8.30. The van der Waals surface area contributed by atoms with Crippen LogP contribution in [0.1, 0.15) is 18.9 Å². The van der Waals surface area contributed by atoms with Gasteiger partial charge in [-0.15, -0.1) is 0 Å². The average Bonchev–Trinajstić information content (AvgIpc) is 2.08. The number of hydrogen-bond acceptors (Lipinski definition) is 2. The third kappa shape index (κ3) is 2.15. The molecule has 0 aromatic carbocycles. The fourth-order valence-corrected chi connectivity index (χ4v) is 1.30. The second-order valence-electron chi connectivity index (χ2n) is 2.78. The highest BCUT2D eigenvalue weighted by molar-refractivity contribution is 7.80. The molecule has 0 unspecified atom stereocenters. The lowest BCUT2D eigenvalue weighted by molar-refractivity contribution is 0.653. The standard InChI is InChI=1S/C9H12N2OS/c1-2-5-11-6-3-4-7(8(10)13)9(11)12/h3-4,6H,2,5H2,1H3,(H2,10,13). The molecule has 0 fully saturated rings. The van der Waals surface area contributed by atoms with Gasteiger partial charge in [-0.25, -0.2) is 0 Å². The highest BCUT2D eigenvalue weighted by Crippen LogP contribution is 1.93. The van der Waals surface area contributed by atoms with Crippen molar-refractivity contribution in [3.8, 4) is 0 Å². The highest BCUT2D eigenvalue weighted by atomic mass is 32.1. The maximum Gasteiger partial charge on any atom is 0.260 e. The first-order valence-corrected chi connectivity index (χ1v) is 4.57. The molecule has 0 radical (unpaired) electrons. The molecule has 3 nitrogen and oxygen atoms in total. The Bertz CT molecular complexity index is 370. The molecule has 0 saturated carbocycles. The van der Waals surface area contributed by atoms with E-state index in [2.05, 4.69) is 0 Å². The first kappa shape index (κ1) is 9.92. The molecule has 0 amide bonds. The Balaban J connectivity index is 3.19. The number of pyridine rings is 1. The SMILES string of the molecule is CCCn1cccc(C(N)=S)c1=O. The smallest absolute Gasteiger partial charge is 0.260 e. The van der Waals surface area contributed by atoms with Crippen LogP contribution in [0.5, 0.6) is 0 Å². The molecule has 0 bridgehead atoms. The van der Waals surface area contributed by atoms with Gasteiger partial charge in [0.15, 0.2) is 0 Å². The van der Waals surface area contributed by atoms with Gasteiger partial charge in [-0.3, -0.25) is 4.79 Å². The molecule has 0 spiro atoms. The summed E-state index contributed by atoms with van der Waals surface area (Å²) in [6.45, 7) is 2.72. The van der Waals surface area contributed by atoms with Gasteiger partial charge in [0.1, 0.15) is 4.99 Å². The van der Waals surface area contributed by atoms with Crippen molar-refractivity contribution in [2.24, 2.45) is 5.73 Å². The van der Waals surface area contributed by atoms with Crippen LogP contribution in [0.2, 0.25) is 0 Å². The molecule has 1 rings (SSSR count). The van der Waals surface area contributed by atoms with Crippen molar-refractivity contribution < 1.29 is 0 Å². The minimum absolute atomic E-state index is 0.100. The third-order valence-corrected chi connectivity index (χ3v) is 1.97. The van der Waals surface area contributed by atoms with Crippen molar-refractivity contribution in [2.75, 3.05) is 0 Å². The number of nitrogens with two attached hydrogens (primary N) is 1. The summed E-state index contributed by atoms with van der Waals surface area (Å²) in [7, 11) is 0. The van der Waals surface area contributed by atoms with Crippen molar-refractivity contribution in [2.45, 2.75) is 19.9 Å². The summed E-state index contributed by atoms with van der Waals surface area (Å²) in [5.74, 6) is 0. The highest BCUT2D eigenvalue weighted by Gasteiger charge is 2.03. The molecular weight excluding hydrogens is 184 g/mol. The first-order chi connectivity index (χ1) is 6.16. The fourth-order valence-electron chi connectivity index (χ4n) is 1.14. The molecule has 1 aromatic rings. The van der Waals surface area contributed by atoms with E-state index < -0.39 is 0 Å². The van der Waals surface area contributed by atoms with E-state index in [0.29, 0.717) is 12.1 Å². The predicted molar refractivity (Wildman–Crippen MR) is 56.9 cm³/mol. The molecule has 0 aliphatic rings. The van der Waals surface area contributed by atoms with E-state index in [0.717, 1.165) is 6.42 Å². The topological polar surface area (TPSA) is 48.0 Å². The van der Waals surface area contributed by atoms with E-state index in [-0.39, 0.29) is 10.5 Å². The normalized spacial score (nSPS) is 9.92. The maximum absolute atomic E-state index is 11.6. The fraction of sp³-hybridized carbons (Fsp3) is 0.333. The second kappa shape index (κ2) is 4.18. The molecule has 1 heterocycles. The summed E-state index contributed by atoms with van der Waals surface area (Å²) in [6, 6.07) is 3.43. The summed E-state index contributed by atoms with van der Waals surface area (Å²) in [6.07, 6.45) is 2.66. The van der Waals surface area contributed by atoms with E-state index >= 15 is 0 Å². The van der Waals surface area contributed by atoms with Crippen LogP contribution in [0.15, 0.2) is 23.1 Å². The van der Waals surface area contributed by atoms with Crippen LogP contribution in [0, 0.1) is 0 Å². The van der Waals surface area contributed by atoms with Crippen molar-refractivity contribution in [3.05, 3.63) is 34.2 Å². The minimum Gasteiger partial charge on any atom is -0.389 e. The van der Waals surface area contributed by atoms with Crippen LogP contribution in [0.25, 0.3) is 0 Å². The van der Waals surface area contributed by atoms with Crippen LogP contribution in [0.3, 0.4) is 0 Å². The summed E-state index contributed by atoms with van der Waals surface area (Å²) >= 11 is 4.76. The maximum atomic E-state index is 11.6. The van der Waals surface area contributed by atoms with E-state index in [1.165, 1.54) is 0 Å². The lowest BCUT2D eigenvalue weighted by atomic mass is 10.2. The van der Waals surface area contributed by atoms with Crippen LogP contribution < -0.4 is 11.3 Å². The van der Waals surface area contributed by atoms with Gasteiger partial charge in [0, 0.05) is 12.7 Å². The molecule has 70 valence electrons. The van der Waals surface area contributed by atoms with Gasteiger partial charge in [0.2, 0.25) is 0 Å². The molecule has 4 heteroatoms. The molecule has 0 saturated heterocycles. The van der Waals surface area contributed by atoms with Gasteiger partial charge in [-0.2, -0.15) is 0 Å². The number of aryl methyl sites for hydroxylation is 1. The van der Waals surface area contributed by atoms with Crippen molar-refractivity contribution in [1.29, 1.82) is 0 Å². The van der Waals surface area contributed by atoms with Crippen LogP contribution in [-0.2, 0) is 6.54 Å². The Morgan fingerprint density at radius 3 is 2.92 bits per heavy atom. The molecule has 2 N–H and O–H groups in total. The molecule has 1 aromatic heterocycles. The number of thiocarbonyl (C=S) groups is 1.